The third kappa shape index (κ3) is 7.42. The molecule has 3 aromatic rings. The number of carbonyl (C=O) groups excluding carboxylic acids is 4. The van der Waals surface area contributed by atoms with Gasteiger partial charge in [-0.2, -0.15) is 0 Å². The minimum Gasteiger partial charge on any atom is -0.490 e. The molecular weight excluding hydrogens is 618 g/mol. The van der Waals surface area contributed by atoms with Crippen molar-refractivity contribution in [2.24, 2.45) is 0 Å². The summed E-state index contributed by atoms with van der Waals surface area (Å²) in [6.45, 7) is 8.28. The van der Waals surface area contributed by atoms with Crippen LogP contribution in [0.2, 0.25) is 0 Å². The Morgan fingerprint density at radius 2 is 1.72 bits per heavy atom. The molecule has 43 heavy (non-hydrogen) atoms. The van der Waals surface area contributed by atoms with E-state index in [9.17, 15) is 19.2 Å². The molecule has 0 aromatic heterocycles. The van der Waals surface area contributed by atoms with E-state index in [-0.39, 0.29) is 23.8 Å². The minimum atomic E-state index is -0.874. The fourth-order valence-electron chi connectivity index (χ4n) is 4.23. The number of benzene rings is 3. The van der Waals surface area contributed by atoms with Gasteiger partial charge in [0.05, 0.1) is 23.4 Å². The second-order valence-corrected chi connectivity index (χ2v) is 10.5. The zero-order chi connectivity index (χ0) is 31.1. The van der Waals surface area contributed by atoms with Gasteiger partial charge in [-0.25, -0.2) is 9.69 Å². The number of aryl methyl sites for hydroxylation is 1. The molecule has 4 rings (SSSR count). The maximum absolute atomic E-state index is 13.4. The molecule has 1 fully saturated rings. The van der Waals surface area contributed by atoms with Gasteiger partial charge in [0.25, 0.3) is 17.7 Å². The highest BCUT2D eigenvalue weighted by Gasteiger charge is 2.37. The van der Waals surface area contributed by atoms with E-state index in [0.717, 1.165) is 22.4 Å². The predicted molar refractivity (Wildman–Crippen MR) is 167 cm³/mol. The number of rotatable bonds is 11. The van der Waals surface area contributed by atoms with Crippen molar-refractivity contribution in [1.82, 2.24) is 5.32 Å². The van der Waals surface area contributed by atoms with Crippen molar-refractivity contribution in [3.63, 3.8) is 0 Å². The largest absolute Gasteiger partial charge is 0.490 e. The number of amides is 5. The lowest BCUT2D eigenvalue weighted by Crippen LogP contribution is -2.54. The smallest absolute Gasteiger partial charge is 0.335 e. The Morgan fingerprint density at radius 1 is 0.953 bits per heavy atom. The Bertz CT molecular complexity index is 1600. The van der Waals surface area contributed by atoms with E-state index in [1.54, 1.807) is 30.3 Å². The SMILES string of the molecule is CCCOc1ccc(N2C(=O)NC(=O)/C(=C\c3ccc(OCC(=O)Nc4cccc(C)c4C)c(Br)c3)C2=O)cc1OCC. The first kappa shape index (κ1) is 31.3. The lowest BCUT2D eigenvalue weighted by Gasteiger charge is -2.27. The molecule has 0 spiro atoms. The van der Waals surface area contributed by atoms with E-state index in [1.807, 2.05) is 45.9 Å². The number of barbiturate groups is 1. The predicted octanol–water partition coefficient (Wildman–Crippen LogP) is 5.94. The third-order valence-corrected chi connectivity index (χ3v) is 7.17. The number of hydrogen-bond acceptors (Lipinski definition) is 7. The average Bonchev–Trinajstić information content (AvgIpc) is 2.97. The summed E-state index contributed by atoms with van der Waals surface area (Å²) < 4.78 is 17.6. The van der Waals surface area contributed by atoms with Gasteiger partial charge in [-0.1, -0.05) is 25.1 Å². The Labute approximate surface area is 258 Å². The number of halogens is 1. The van der Waals surface area contributed by atoms with Gasteiger partial charge in [0.2, 0.25) is 0 Å². The highest BCUT2D eigenvalue weighted by atomic mass is 79.9. The summed E-state index contributed by atoms with van der Waals surface area (Å²) in [6.07, 6.45) is 2.17. The maximum atomic E-state index is 13.4. The Kier molecular flexibility index (Phi) is 10.2. The van der Waals surface area contributed by atoms with Crippen LogP contribution in [0.15, 0.2) is 64.6 Å². The number of urea groups is 1. The van der Waals surface area contributed by atoms with Crippen molar-refractivity contribution in [3.05, 3.63) is 81.3 Å². The second-order valence-electron chi connectivity index (χ2n) is 9.64. The van der Waals surface area contributed by atoms with Crippen molar-refractivity contribution in [3.8, 4) is 17.2 Å². The molecule has 0 aliphatic carbocycles. The van der Waals surface area contributed by atoms with Crippen molar-refractivity contribution in [1.29, 1.82) is 0 Å². The summed E-state index contributed by atoms with van der Waals surface area (Å²) >= 11 is 3.42. The topological polar surface area (TPSA) is 123 Å². The quantitative estimate of drug-likeness (QED) is 0.195. The van der Waals surface area contributed by atoms with Crippen LogP contribution in [0.4, 0.5) is 16.2 Å². The summed E-state index contributed by atoms with van der Waals surface area (Å²) in [5.74, 6) is -0.684. The fraction of sp³-hybridized carbons (Fsp3) is 0.250. The van der Waals surface area contributed by atoms with Crippen molar-refractivity contribution >= 4 is 57.1 Å². The number of imide groups is 2. The Morgan fingerprint density at radius 3 is 2.44 bits per heavy atom. The molecule has 5 amide bonds. The molecule has 11 heteroatoms. The molecule has 0 radical (unpaired) electrons. The van der Waals surface area contributed by atoms with Crippen LogP contribution in [0.5, 0.6) is 17.2 Å². The molecule has 1 aliphatic heterocycles. The van der Waals surface area contributed by atoms with E-state index >= 15 is 0 Å². The molecule has 0 saturated carbocycles. The van der Waals surface area contributed by atoms with Gasteiger partial charge in [0.15, 0.2) is 18.1 Å². The van der Waals surface area contributed by atoms with Crippen LogP contribution in [-0.2, 0) is 14.4 Å². The molecule has 2 N–H and O–H groups in total. The van der Waals surface area contributed by atoms with Gasteiger partial charge in [0, 0.05) is 11.8 Å². The lowest BCUT2D eigenvalue weighted by atomic mass is 10.1. The van der Waals surface area contributed by atoms with Crippen LogP contribution in [0.25, 0.3) is 6.08 Å². The Hall–Kier alpha value is -4.64. The van der Waals surface area contributed by atoms with Crippen LogP contribution in [0.3, 0.4) is 0 Å². The van der Waals surface area contributed by atoms with Crippen LogP contribution in [-0.4, -0.2) is 43.6 Å². The van der Waals surface area contributed by atoms with E-state index in [1.165, 1.54) is 12.1 Å². The van der Waals surface area contributed by atoms with Crippen LogP contribution in [0, 0.1) is 13.8 Å². The monoisotopic (exact) mass is 649 g/mol. The van der Waals surface area contributed by atoms with Gasteiger partial charge in [-0.05, 0) is 96.2 Å². The molecule has 1 aliphatic rings. The molecule has 224 valence electrons. The van der Waals surface area contributed by atoms with Gasteiger partial charge in [-0.15, -0.1) is 0 Å². The molecule has 0 unspecified atom stereocenters. The van der Waals surface area contributed by atoms with Gasteiger partial charge in [0.1, 0.15) is 11.3 Å². The second kappa shape index (κ2) is 14.0. The number of nitrogens with one attached hydrogen (secondary N) is 2. The van der Waals surface area contributed by atoms with Gasteiger partial charge < -0.3 is 19.5 Å². The molecular formula is C32H32BrN3O7. The molecule has 0 atom stereocenters. The van der Waals surface area contributed by atoms with Crippen molar-refractivity contribution < 1.29 is 33.4 Å². The third-order valence-electron chi connectivity index (χ3n) is 6.55. The van der Waals surface area contributed by atoms with E-state index < -0.39 is 17.8 Å². The number of nitrogens with zero attached hydrogens (tertiary/aromatic N) is 1. The standard InChI is InChI=1S/C32H32BrN3O7/c1-5-14-42-27-13-11-22(17-28(27)41-6-2)36-31(39)23(30(38)35-32(36)40)15-21-10-12-26(24(33)16-21)43-18-29(37)34-25-9-7-8-19(3)20(25)4/h7-13,15-17H,5-6,14,18H2,1-4H3,(H,34,37)(H,35,38,40)/b23-15+. The van der Waals surface area contributed by atoms with Gasteiger partial charge >= 0.3 is 6.03 Å². The van der Waals surface area contributed by atoms with E-state index in [0.29, 0.717) is 46.2 Å². The summed E-state index contributed by atoms with van der Waals surface area (Å²) in [5, 5.41) is 5.06. The number of hydrogen-bond donors (Lipinski definition) is 2. The number of anilines is 2. The highest BCUT2D eigenvalue weighted by Crippen LogP contribution is 2.34. The van der Waals surface area contributed by atoms with Crippen LogP contribution < -0.4 is 29.7 Å². The molecule has 0 bridgehead atoms. The van der Waals surface area contributed by atoms with E-state index in [4.69, 9.17) is 14.2 Å². The lowest BCUT2D eigenvalue weighted by molar-refractivity contribution is -0.122. The average molecular weight is 651 g/mol. The van der Waals surface area contributed by atoms with Crippen molar-refractivity contribution in [2.45, 2.75) is 34.1 Å². The van der Waals surface area contributed by atoms with Crippen LogP contribution >= 0.6 is 15.9 Å². The summed E-state index contributed by atoms with van der Waals surface area (Å²) in [5.41, 5.74) is 3.23. The molecule has 3 aromatic carbocycles. The summed E-state index contributed by atoms with van der Waals surface area (Å²) in [4.78, 5) is 52.2. The highest BCUT2D eigenvalue weighted by molar-refractivity contribution is 9.10. The minimum absolute atomic E-state index is 0.220. The first-order valence-electron chi connectivity index (χ1n) is 13.7. The summed E-state index contributed by atoms with van der Waals surface area (Å²) in [7, 11) is 0. The maximum Gasteiger partial charge on any atom is 0.335 e. The van der Waals surface area contributed by atoms with Crippen LogP contribution in [0.1, 0.15) is 37.0 Å². The zero-order valence-corrected chi connectivity index (χ0v) is 25.9. The first-order chi connectivity index (χ1) is 20.6. The normalized spacial score (nSPS) is 14.0. The molecule has 10 nitrogen and oxygen atoms in total. The van der Waals surface area contributed by atoms with Crippen molar-refractivity contribution in [2.75, 3.05) is 30.0 Å². The molecule has 1 heterocycles. The molecule has 1 saturated heterocycles. The number of ether oxygens (including phenoxy) is 3. The Balaban J connectivity index is 1.50. The van der Waals surface area contributed by atoms with Gasteiger partial charge in [-0.3, -0.25) is 19.7 Å². The number of carbonyl (C=O) groups is 4. The first-order valence-corrected chi connectivity index (χ1v) is 14.5. The summed E-state index contributed by atoms with van der Waals surface area (Å²) in [6, 6.07) is 14.4. The van der Waals surface area contributed by atoms with E-state index in [2.05, 4.69) is 26.6 Å². The fourth-order valence-corrected chi connectivity index (χ4v) is 4.75. The zero-order valence-electron chi connectivity index (χ0n) is 24.3.